The second-order valence-corrected chi connectivity index (χ2v) is 4.91. The lowest BCUT2D eigenvalue weighted by atomic mass is 9.90. The molecule has 0 radical (unpaired) electrons. The Hall–Kier alpha value is -0.530. The second kappa shape index (κ2) is 3.08. The molecule has 0 spiro atoms. The molecule has 1 aliphatic rings. The maximum Gasteiger partial charge on any atom is 0.303 e. The van der Waals surface area contributed by atoms with Crippen LogP contribution >= 0.6 is 0 Å². The highest BCUT2D eigenvalue weighted by Gasteiger charge is 2.37. The normalized spacial score (nSPS) is 33.6. The predicted molar refractivity (Wildman–Crippen MR) is 47.9 cm³/mol. The third kappa shape index (κ3) is 2.23. The minimum Gasteiger partial charge on any atom is -0.481 e. The van der Waals surface area contributed by atoms with Crippen LogP contribution in [0.15, 0.2) is 0 Å². The molecule has 0 bridgehead atoms. The van der Waals surface area contributed by atoms with Crippen molar-refractivity contribution in [2.24, 2.45) is 17.3 Å². The maximum absolute atomic E-state index is 10.5. The van der Waals surface area contributed by atoms with Crippen molar-refractivity contribution in [3.05, 3.63) is 0 Å². The Morgan fingerprint density at radius 3 is 2.42 bits per heavy atom. The predicted octanol–water partition coefficient (Wildman–Crippen LogP) is 2.53. The molecule has 1 N–H and O–H groups in total. The van der Waals surface area contributed by atoms with Crippen molar-refractivity contribution in [1.82, 2.24) is 0 Å². The molecule has 0 amide bonds. The fourth-order valence-electron chi connectivity index (χ4n) is 2.53. The Morgan fingerprint density at radius 2 is 2.08 bits per heavy atom. The van der Waals surface area contributed by atoms with Gasteiger partial charge in [-0.15, -0.1) is 0 Å². The molecule has 1 rings (SSSR count). The van der Waals surface area contributed by atoms with E-state index in [0.29, 0.717) is 23.7 Å². The van der Waals surface area contributed by atoms with E-state index in [4.69, 9.17) is 5.11 Å². The van der Waals surface area contributed by atoms with Crippen molar-refractivity contribution in [3.8, 4) is 0 Å². The van der Waals surface area contributed by atoms with Gasteiger partial charge in [-0.05, 0) is 30.1 Å². The van der Waals surface area contributed by atoms with Gasteiger partial charge in [0.1, 0.15) is 0 Å². The summed E-state index contributed by atoms with van der Waals surface area (Å²) in [4.78, 5) is 10.5. The van der Waals surface area contributed by atoms with Crippen molar-refractivity contribution in [2.75, 3.05) is 0 Å². The minimum atomic E-state index is -0.649. The Bertz CT molecular complexity index is 184. The number of aliphatic carboxylic acids is 1. The number of carboxylic acid groups (broad SMARTS) is 1. The number of hydrogen-bond acceptors (Lipinski definition) is 1. The molecule has 2 atom stereocenters. The first kappa shape index (κ1) is 9.56. The summed E-state index contributed by atoms with van der Waals surface area (Å²) in [5, 5.41) is 8.66. The molecule has 0 aromatic carbocycles. The summed E-state index contributed by atoms with van der Waals surface area (Å²) in [5.41, 5.74) is 0.361. The summed E-state index contributed by atoms with van der Waals surface area (Å²) in [6.07, 6.45) is 2.59. The van der Waals surface area contributed by atoms with Gasteiger partial charge in [-0.25, -0.2) is 0 Å². The molecule has 0 aromatic rings. The van der Waals surface area contributed by atoms with Crippen LogP contribution in [0.25, 0.3) is 0 Å². The largest absolute Gasteiger partial charge is 0.481 e. The van der Waals surface area contributed by atoms with Crippen molar-refractivity contribution in [2.45, 2.75) is 40.0 Å². The molecular formula is C10H18O2. The average Bonchev–Trinajstić information content (AvgIpc) is 2.03. The van der Waals surface area contributed by atoms with E-state index in [1.54, 1.807) is 0 Å². The lowest BCUT2D eigenvalue weighted by Gasteiger charge is -2.15. The zero-order chi connectivity index (χ0) is 9.35. The van der Waals surface area contributed by atoms with Crippen molar-refractivity contribution >= 4 is 5.97 Å². The first-order valence-corrected chi connectivity index (χ1v) is 4.62. The van der Waals surface area contributed by atoms with Crippen LogP contribution in [0.3, 0.4) is 0 Å². The third-order valence-electron chi connectivity index (χ3n) is 2.93. The Balaban J connectivity index is 2.52. The van der Waals surface area contributed by atoms with Crippen molar-refractivity contribution < 1.29 is 9.90 Å². The summed E-state index contributed by atoms with van der Waals surface area (Å²) in [5.74, 6) is 0.332. The first-order valence-electron chi connectivity index (χ1n) is 4.62. The van der Waals surface area contributed by atoms with E-state index < -0.39 is 5.97 Å². The molecule has 0 aromatic heterocycles. The topological polar surface area (TPSA) is 37.3 Å². The highest BCUT2D eigenvalue weighted by molar-refractivity contribution is 5.67. The van der Waals surface area contributed by atoms with Gasteiger partial charge in [0.15, 0.2) is 0 Å². The van der Waals surface area contributed by atoms with E-state index >= 15 is 0 Å². The number of carbonyl (C=O) groups is 1. The Labute approximate surface area is 74.0 Å². The standard InChI is InChI=1S/C10H18O2/c1-7-5-10(2,3)6-8(7)4-9(11)12/h7-8H,4-6H2,1-3H3,(H,11,12). The Kier molecular flexibility index (Phi) is 2.45. The van der Waals surface area contributed by atoms with Gasteiger partial charge in [0.05, 0.1) is 0 Å². The fraction of sp³-hybridized carbons (Fsp3) is 0.900. The molecule has 1 saturated carbocycles. The first-order chi connectivity index (χ1) is 5.41. The van der Waals surface area contributed by atoms with E-state index in [0.717, 1.165) is 6.42 Å². The summed E-state index contributed by atoms with van der Waals surface area (Å²) in [7, 11) is 0. The van der Waals surface area contributed by atoms with Crippen LogP contribution in [0.4, 0.5) is 0 Å². The lowest BCUT2D eigenvalue weighted by Crippen LogP contribution is -2.10. The zero-order valence-corrected chi connectivity index (χ0v) is 8.13. The molecule has 2 heteroatoms. The molecule has 1 aliphatic carbocycles. The molecule has 0 aliphatic heterocycles. The van der Waals surface area contributed by atoms with Crippen LogP contribution in [-0.2, 0) is 4.79 Å². The molecule has 0 heterocycles. The summed E-state index contributed by atoms with van der Waals surface area (Å²) in [6.45, 7) is 6.62. The van der Waals surface area contributed by atoms with Gasteiger partial charge in [-0.2, -0.15) is 0 Å². The molecule has 70 valence electrons. The van der Waals surface area contributed by atoms with Crippen LogP contribution < -0.4 is 0 Å². The molecule has 1 fully saturated rings. The third-order valence-corrected chi connectivity index (χ3v) is 2.93. The number of carboxylic acids is 1. The molecular weight excluding hydrogens is 152 g/mol. The van der Waals surface area contributed by atoms with Crippen molar-refractivity contribution in [1.29, 1.82) is 0 Å². The van der Waals surface area contributed by atoms with Gasteiger partial charge in [-0.1, -0.05) is 20.8 Å². The van der Waals surface area contributed by atoms with Crippen LogP contribution in [-0.4, -0.2) is 11.1 Å². The van der Waals surface area contributed by atoms with Crippen molar-refractivity contribution in [3.63, 3.8) is 0 Å². The molecule has 12 heavy (non-hydrogen) atoms. The fourth-order valence-corrected chi connectivity index (χ4v) is 2.53. The molecule has 2 unspecified atom stereocenters. The highest BCUT2D eigenvalue weighted by Crippen LogP contribution is 2.46. The molecule has 2 nitrogen and oxygen atoms in total. The number of rotatable bonds is 2. The monoisotopic (exact) mass is 170 g/mol. The van der Waals surface area contributed by atoms with Crippen LogP contribution in [0.2, 0.25) is 0 Å². The lowest BCUT2D eigenvalue weighted by molar-refractivity contribution is -0.138. The SMILES string of the molecule is CC1CC(C)(C)CC1CC(=O)O. The van der Waals surface area contributed by atoms with Crippen LogP contribution in [0.5, 0.6) is 0 Å². The quantitative estimate of drug-likeness (QED) is 0.691. The van der Waals surface area contributed by atoms with Gasteiger partial charge < -0.3 is 5.11 Å². The summed E-state index contributed by atoms with van der Waals surface area (Å²) >= 11 is 0. The summed E-state index contributed by atoms with van der Waals surface area (Å²) in [6, 6.07) is 0. The second-order valence-electron chi connectivity index (χ2n) is 4.91. The number of hydrogen-bond donors (Lipinski definition) is 1. The van der Waals surface area contributed by atoms with Gasteiger partial charge in [0, 0.05) is 6.42 Å². The Morgan fingerprint density at radius 1 is 1.50 bits per heavy atom. The van der Waals surface area contributed by atoms with E-state index in [2.05, 4.69) is 20.8 Å². The van der Waals surface area contributed by atoms with Gasteiger partial charge in [0.2, 0.25) is 0 Å². The van der Waals surface area contributed by atoms with Crippen LogP contribution in [0, 0.1) is 17.3 Å². The summed E-state index contributed by atoms with van der Waals surface area (Å²) < 4.78 is 0. The smallest absolute Gasteiger partial charge is 0.303 e. The van der Waals surface area contributed by atoms with E-state index in [1.165, 1.54) is 6.42 Å². The maximum atomic E-state index is 10.5. The van der Waals surface area contributed by atoms with E-state index in [9.17, 15) is 4.79 Å². The zero-order valence-electron chi connectivity index (χ0n) is 8.13. The molecule has 0 saturated heterocycles. The van der Waals surface area contributed by atoms with Gasteiger partial charge >= 0.3 is 5.97 Å². The van der Waals surface area contributed by atoms with Gasteiger partial charge in [0.25, 0.3) is 0 Å². The van der Waals surface area contributed by atoms with Crippen LogP contribution in [0.1, 0.15) is 40.0 Å². The van der Waals surface area contributed by atoms with E-state index in [1.807, 2.05) is 0 Å². The minimum absolute atomic E-state index is 0.352. The average molecular weight is 170 g/mol. The van der Waals surface area contributed by atoms with Gasteiger partial charge in [-0.3, -0.25) is 4.79 Å². The highest BCUT2D eigenvalue weighted by atomic mass is 16.4. The van der Waals surface area contributed by atoms with E-state index in [-0.39, 0.29) is 0 Å².